The van der Waals surface area contributed by atoms with Gasteiger partial charge in [-0.25, -0.2) is 0 Å². The molecule has 66 heavy (non-hydrogen) atoms. The second-order valence-electron chi connectivity index (χ2n) is 17.6. The molecule has 0 spiro atoms. The molecule has 4 N–H and O–H groups in total. The molecule has 1 aliphatic rings. The third-order valence-electron chi connectivity index (χ3n) is 12.1. The number of aliphatic carboxylic acids is 2. The van der Waals surface area contributed by atoms with E-state index in [0.717, 1.165) is 54.3 Å². The van der Waals surface area contributed by atoms with Gasteiger partial charge in [-0.15, -0.1) is 0 Å². The first-order chi connectivity index (χ1) is 31.1. The Morgan fingerprint density at radius 2 is 1.11 bits per heavy atom. The molecule has 0 bridgehead atoms. The van der Waals surface area contributed by atoms with Crippen LogP contribution in [-0.4, -0.2) is 54.2 Å². The van der Waals surface area contributed by atoms with Crippen LogP contribution in [0.5, 0.6) is 0 Å². The number of carboxylic acid groups (broad SMARTS) is 2. The van der Waals surface area contributed by atoms with E-state index >= 15 is 0 Å². The smallest absolute Gasteiger partial charge is 0.416 e. The second kappa shape index (κ2) is 19.9. The summed E-state index contributed by atoms with van der Waals surface area (Å²) >= 11 is 0. The zero-order chi connectivity index (χ0) is 48.0. The maximum absolute atomic E-state index is 13.3. The molecular weight excluding hydrogens is 867 g/mol. The van der Waals surface area contributed by atoms with Gasteiger partial charge in [-0.05, 0) is 105 Å². The van der Waals surface area contributed by atoms with Crippen molar-refractivity contribution >= 4 is 45.6 Å². The topological polar surface area (TPSA) is 143 Å². The molecule has 1 atom stereocenters. The minimum Gasteiger partial charge on any atom is -0.481 e. The lowest BCUT2D eigenvalue weighted by atomic mass is 9.66. The van der Waals surface area contributed by atoms with E-state index in [1.807, 2.05) is 53.4 Å². The fourth-order valence-electron chi connectivity index (χ4n) is 8.97. The summed E-state index contributed by atoms with van der Waals surface area (Å²) in [5, 5.41) is 25.9. The van der Waals surface area contributed by atoms with E-state index < -0.39 is 46.5 Å². The highest BCUT2D eigenvalue weighted by molar-refractivity contribution is 6.07. The Bertz CT molecular complexity index is 2510. The fourth-order valence-corrected chi connectivity index (χ4v) is 8.97. The quantitative estimate of drug-likeness (QED) is 0.0712. The first-order valence-electron chi connectivity index (χ1n) is 21.7. The van der Waals surface area contributed by atoms with Crippen LogP contribution in [0, 0.1) is 5.92 Å². The largest absolute Gasteiger partial charge is 0.481 e. The number of carbonyl (C=O) groups is 4. The molecule has 0 radical (unpaired) electrons. The van der Waals surface area contributed by atoms with Crippen LogP contribution in [0.4, 0.5) is 26.3 Å². The summed E-state index contributed by atoms with van der Waals surface area (Å²) in [7, 11) is 0. The second-order valence-corrected chi connectivity index (χ2v) is 17.6. The summed E-state index contributed by atoms with van der Waals surface area (Å²) in [5.74, 6) is -1.98. The average molecular weight is 919 g/mol. The number of fused-ring (bicyclic) bond motifs is 2. The predicted octanol–water partition coefficient (Wildman–Crippen LogP) is 11.3. The number of nitrogens with zero attached hydrogens (tertiary/aromatic N) is 2. The molecule has 350 valence electrons. The molecule has 1 fully saturated rings. The molecule has 0 saturated heterocycles. The molecule has 10 nitrogen and oxygen atoms in total. The number of hydrogen-bond acceptors (Lipinski definition) is 4. The number of nitrogens with one attached hydrogen (secondary N) is 2. The Hall–Kier alpha value is -6.58. The minimum atomic E-state index is -4.39. The lowest BCUT2D eigenvalue weighted by molar-refractivity contribution is -0.138. The van der Waals surface area contributed by atoms with Gasteiger partial charge < -0.3 is 30.0 Å². The van der Waals surface area contributed by atoms with Gasteiger partial charge in [0, 0.05) is 60.2 Å². The molecule has 1 saturated carbocycles. The van der Waals surface area contributed by atoms with Gasteiger partial charge >= 0.3 is 24.3 Å². The molecule has 7 rings (SSSR count). The van der Waals surface area contributed by atoms with Gasteiger partial charge in [0.25, 0.3) is 11.8 Å². The van der Waals surface area contributed by atoms with E-state index in [-0.39, 0.29) is 24.7 Å². The van der Waals surface area contributed by atoms with Crippen molar-refractivity contribution in [2.24, 2.45) is 5.92 Å². The number of rotatable bonds is 16. The summed E-state index contributed by atoms with van der Waals surface area (Å²) in [6.07, 6.45) is -1.67. The Balaban J connectivity index is 0.000000218. The number of para-hydroxylation sites is 2. The van der Waals surface area contributed by atoms with Gasteiger partial charge in [-0.1, -0.05) is 68.8 Å². The van der Waals surface area contributed by atoms with E-state index in [2.05, 4.69) is 17.6 Å². The van der Waals surface area contributed by atoms with Crippen LogP contribution < -0.4 is 10.6 Å². The monoisotopic (exact) mass is 918 g/mol. The van der Waals surface area contributed by atoms with Crippen LogP contribution in [0.25, 0.3) is 21.8 Å². The van der Waals surface area contributed by atoms with Crippen LogP contribution in [0.1, 0.15) is 115 Å². The molecule has 0 aliphatic heterocycles. The summed E-state index contributed by atoms with van der Waals surface area (Å²) < 4.78 is 80.8. The molecule has 2 aromatic heterocycles. The number of carbonyl (C=O) groups excluding carboxylic acids is 2. The van der Waals surface area contributed by atoms with Crippen molar-refractivity contribution in [1.29, 1.82) is 0 Å². The first-order valence-corrected chi connectivity index (χ1v) is 21.7. The SMILES string of the molecule is CC1CC(CCC(=O)O)(NC(=O)c2cccc3ccn(Cc4ccc(C(F)(F)F)cc4)c23)C1.CCCC(C)(CCC(=O)O)NC(=O)c1cccc2ccn(Cc3ccc(C(F)(F)F)cc3)c12. The van der Waals surface area contributed by atoms with Crippen molar-refractivity contribution < 1.29 is 55.7 Å². The summed E-state index contributed by atoms with van der Waals surface area (Å²) in [4.78, 5) is 48.7. The highest BCUT2D eigenvalue weighted by Crippen LogP contribution is 2.41. The van der Waals surface area contributed by atoms with Crippen LogP contribution in [0.2, 0.25) is 0 Å². The third kappa shape index (κ3) is 12.0. The van der Waals surface area contributed by atoms with E-state index in [1.165, 1.54) is 24.3 Å². The van der Waals surface area contributed by atoms with Gasteiger partial charge in [-0.2, -0.15) is 26.3 Å². The van der Waals surface area contributed by atoms with Crippen LogP contribution >= 0.6 is 0 Å². The molecule has 2 amide bonds. The van der Waals surface area contributed by atoms with Gasteiger partial charge in [0.05, 0.1) is 33.3 Å². The van der Waals surface area contributed by atoms with Crippen LogP contribution in [0.15, 0.2) is 109 Å². The first kappa shape index (κ1) is 48.9. The van der Waals surface area contributed by atoms with Gasteiger partial charge in [-0.3, -0.25) is 19.2 Å². The lowest BCUT2D eigenvalue weighted by Gasteiger charge is -2.47. The van der Waals surface area contributed by atoms with E-state index in [1.54, 1.807) is 30.5 Å². The zero-order valence-corrected chi connectivity index (χ0v) is 36.7. The lowest BCUT2D eigenvalue weighted by Crippen LogP contribution is -2.57. The number of aromatic nitrogens is 2. The summed E-state index contributed by atoms with van der Waals surface area (Å²) in [6.45, 7) is 6.51. The van der Waals surface area contributed by atoms with Crippen molar-refractivity contribution in [3.63, 3.8) is 0 Å². The number of halogens is 6. The maximum Gasteiger partial charge on any atom is 0.416 e. The highest BCUT2D eigenvalue weighted by atomic mass is 19.4. The van der Waals surface area contributed by atoms with Crippen molar-refractivity contribution in [3.8, 4) is 0 Å². The molecule has 1 unspecified atom stereocenters. The Morgan fingerprint density at radius 3 is 1.52 bits per heavy atom. The molecule has 16 heteroatoms. The van der Waals surface area contributed by atoms with Crippen molar-refractivity contribution in [2.45, 2.75) is 109 Å². The van der Waals surface area contributed by atoms with Crippen LogP contribution in [-0.2, 0) is 35.0 Å². The molecule has 2 heterocycles. The zero-order valence-electron chi connectivity index (χ0n) is 36.7. The Morgan fingerprint density at radius 1 is 0.652 bits per heavy atom. The minimum absolute atomic E-state index is 0.0124. The fraction of sp³-hybridized carbons (Fsp3) is 0.360. The Kier molecular flexibility index (Phi) is 14.7. The standard InChI is InChI=1S/C25H25F3N2O3.C25H27F3N2O3/c1-16-13-24(14-16,11-9-21(31)32)29-23(33)20-4-2-3-18-10-12-30(22(18)20)15-17-5-7-19(8-6-17)25(26,27)28;1-3-13-24(2,14-11-21(31)32)29-23(33)20-6-4-5-18-12-15-30(22(18)20)16-17-7-9-19(10-8-17)25(26,27)28/h2-8,10,12,16H,9,11,13-15H2,1H3,(H,29,33)(H,31,32);4-10,12,15H,3,11,13-14,16H2,1-2H3,(H,29,33)(H,31,32). The molecule has 4 aromatic carbocycles. The van der Waals surface area contributed by atoms with Gasteiger partial charge in [0.1, 0.15) is 0 Å². The Labute approximate surface area is 377 Å². The number of amides is 2. The van der Waals surface area contributed by atoms with Crippen molar-refractivity contribution in [1.82, 2.24) is 19.8 Å². The number of alkyl halides is 6. The normalized spacial score (nSPS) is 17.0. The molecule has 1 aliphatic carbocycles. The van der Waals surface area contributed by atoms with E-state index in [0.29, 0.717) is 71.6 Å². The van der Waals surface area contributed by atoms with Crippen molar-refractivity contribution in [2.75, 3.05) is 0 Å². The summed E-state index contributed by atoms with van der Waals surface area (Å²) in [5.41, 5.74) is 1.00. The summed E-state index contributed by atoms with van der Waals surface area (Å²) in [6, 6.07) is 24.4. The van der Waals surface area contributed by atoms with Gasteiger partial charge in [0.2, 0.25) is 0 Å². The molecular formula is C50H52F6N4O6. The highest BCUT2D eigenvalue weighted by Gasteiger charge is 2.43. The number of benzene rings is 4. The predicted molar refractivity (Wildman–Crippen MR) is 238 cm³/mol. The van der Waals surface area contributed by atoms with Crippen molar-refractivity contribution in [3.05, 3.63) is 143 Å². The van der Waals surface area contributed by atoms with E-state index in [4.69, 9.17) is 10.2 Å². The average Bonchev–Trinajstić information content (AvgIpc) is 3.85. The van der Waals surface area contributed by atoms with Crippen LogP contribution in [0.3, 0.4) is 0 Å². The number of carboxylic acids is 2. The van der Waals surface area contributed by atoms with E-state index in [9.17, 15) is 45.5 Å². The van der Waals surface area contributed by atoms with Gasteiger partial charge in [0.15, 0.2) is 0 Å². The maximum atomic E-state index is 13.3. The molecule has 6 aromatic rings. The third-order valence-corrected chi connectivity index (χ3v) is 12.1. The number of hydrogen-bond donors (Lipinski definition) is 4.